The summed E-state index contributed by atoms with van der Waals surface area (Å²) in [5, 5.41) is 6.08. The van der Waals surface area contributed by atoms with E-state index in [1.165, 1.54) is 6.42 Å². The standard InChI is InChI=1S/C7H14N2OS/c1-11-5-7(10)9-4-6-2-3-8-6/h6,8H,2-5H2,1H3,(H,9,10). The van der Waals surface area contributed by atoms with Gasteiger partial charge < -0.3 is 10.6 Å². The van der Waals surface area contributed by atoms with Gasteiger partial charge in [0.15, 0.2) is 0 Å². The van der Waals surface area contributed by atoms with Crippen molar-refractivity contribution in [3.8, 4) is 0 Å². The number of hydrogen-bond donors (Lipinski definition) is 2. The first kappa shape index (κ1) is 8.87. The number of nitrogens with one attached hydrogen (secondary N) is 2. The highest BCUT2D eigenvalue weighted by molar-refractivity contribution is 7.99. The van der Waals surface area contributed by atoms with Crippen molar-refractivity contribution in [1.29, 1.82) is 0 Å². The molecule has 0 bridgehead atoms. The Labute approximate surface area is 71.3 Å². The SMILES string of the molecule is CSCC(=O)NCC1CCN1. The molecule has 0 spiro atoms. The third-order valence-corrected chi connectivity index (χ3v) is 2.30. The van der Waals surface area contributed by atoms with Crippen LogP contribution in [0.5, 0.6) is 0 Å². The lowest BCUT2D eigenvalue weighted by Crippen LogP contribution is -2.50. The lowest BCUT2D eigenvalue weighted by molar-refractivity contribution is -0.118. The molecule has 1 fully saturated rings. The van der Waals surface area contributed by atoms with Crippen LogP contribution in [0.4, 0.5) is 0 Å². The molecule has 64 valence electrons. The zero-order chi connectivity index (χ0) is 8.10. The van der Waals surface area contributed by atoms with E-state index >= 15 is 0 Å². The van der Waals surface area contributed by atoms with Gasteiger partial charge in [-0.1, -0.05) is 0 Å². The maximum Gasteiger partial charge on any atom is 0.230 e. The molecule has 1 heterocycles. The average Bonchev–Trinajstić information content (AvgIpc) is 1.85. The van der Waals surface area contributed by atoms with Gasteiger partial charge in [0.25, 0.3) is 0 Å². The van der Waals surface area contributed by atoms with E-state index in [9.17, 15) is 4.79 Å². The maximum atomic E-state index is 10.9. The fourth-order valence-electron chi connectivity index (χ4n) is 0.942. The van der Waals surface area contributed by atoms with Gasteiger partial charge in [-0.05, 0) is 19.2 Å². The van der Waals surface area contributed by atoms with Crippen LogP contribution in [-0.2, 0) is 4.79 Å². The first-order chi connectivity index (χ1) is 5.33. The minimum absolute atomic E-state index is 0.145. The van der Waals surface area contributed by atoms with Gasteiger partial charge in [-0.15, -0.1) is 0 Å². The second kappa shape index (κ2) is 4.62. The molecule has 0 aliphatic carbocycles. The van der Waals surface area contributed by atoms with Crippen molar-refractivity contribution in [3.05, 3.63) is 0 Å². The number of carbonyl (C=O) groups excluding carboxylic acids is 1. The summed E-state index contributed by atoms with van der Waals surface area (Å²) >= 11 is 1.55. The number of carbonyl (C=O) groups is 1. The molecule has 4 heteroatoms. The Balaban J connectivity index is 1.96. The van der Waals surface area contributed by atoms with Crippen LogP contribution in [0.3, 0.4) is 0 Å². The summed E-state index contributed by atoms with van der Waals surface area (Å²) in [6.45, 7) is 1.89. The van der Waals surface area contributed by atoms with E-state index in [2.05, 4.69) is 10.6 Å². The fraction of sp³-hybridized carbons (Fsp3) is 0.857. The number of amides is 1. The quantitative estimate of drug-likeness (QED) is 0.621. The average molecular weight is 174 g/mol. The monoisotopic (exact) mass is 174 g/mol. The molecule has 0 aromatic heterocycles. The molecule has 0 radical (unpaired) electrons. The van der Waals surface area contributed by atoms with Crippen molar-refractivity contribution in [2.75, 3.05) is 25.1 Å². The van der Waals surface area contributed by atoms with Crippen molar-refractivity contribution in [1.82, 2.24) is 10.6 Å². The number of hydrogen-bond acceptors (Lipinski definition) is 3. The predicted molar refractivity (Wildman–Crippen MR) is 47.8 cm³/mol. The molecular formula is C7H14N2OS. The summed E-state index contributed by atoms with van der Waals surface area (Å²) in [7, 11) is 0. The number of rotatable bonds is 4. The highest BCUT2D eigenvalue weighted by Gasteiger charge is 2.16. The van der Waals surface area contributed by atoms with Gasteiger partial charge >= 0.3 is 0 Å². The molecule has 1 amide bonds. The fourth-order valence-corrected chi connectivity index (χ4v) is 1.31. The van der Waals surface area contributed by atoms with E-state index in [-0.39, 0.29) is 5.91 Å². The van der Waals surface area contributed by atoms with Crippen molar-refractivity contribution in [2.24, 2.45) is 0 Å². The molecule has 1 rings (SSSR count). The van der Waals surface area contributed by atoms with E-state index in [4.69, 9.17) is 0 Å². The van der Waals surface area contributed by atoms with E-state index in [1.807, 2.05) is 6.26 Å². The largest absolute Gasteiger partial charge is 0.354 e. The van der Waals surface area contributed by atoms with Crippen LogP contribution < -0.4 is 10.6 Å². The van der Waals surface area contributed by atoms with E-state index in [0.29, 0.717) is 11.8 Å². The minimum Gasteiger partial charge on any atom is -0.354 e. The zero-order valence-electron chi connectivity index (χ0n) is 6.72. The smallest absolute Gasteiger partial charge is 0.230 e. The molecule has 11 heavy (non-hydrogen) atoms. The van der Waals surface area contributed by atoms with Crippen LogP contribution in [0.2, 0.25) is 0 Å². The Morgan fingerprint density at radius 2 is 2.55 bits per heavy atom. The van der Waals surface area contributed by atoms with Crippen LogP contribution >= 0.6 is 11.8 Å². The Morgan fingerprint density at radius 3 is 3.00 bits per heavy atom. The summed E-state index contributed by atoms with van der Waals surface area (Å²) in [6, 6.07) is 0.529. The van der Waals surface area contributed by atoms with E-state index in [1.54, 1.807) is 11.8 Å². The highest BCUT2D eigenvalue weighted by atomic mass is 32.2. The summed E-state index contributed by atoms with van der Waals surface area (Å²) in [5.41, 5.74) is 0. The topological polar surface area (TPSA) is 41.1 Å². The van der Waals surface area contributed by atoms with Crippen LogP contribution in [-0.4, -0.2) is 37.0 Å². The van der Waals surface area contributed by atoms with Gasteiger partial charge in [0.1, 0.15) is 0 Å². The third-order valence-electron chi connectivity index (χ3n) is 1.75. The van der Waals surface area contributed by atoms with Crippen LogP contribution in [0.1, 0.15) is 6.42 Å². The molecular weight excluding hydrogens is 160 g/mol. The Bertz CT molecular complexity index is 136. The minimum atomic E-state index is 0.145. The second-order valence-corrected chi connectivity index (χ2v) is 3.54. The molecule has 0 aromatic rings. The van der Waals surface area contributed by atoms with Crippen LogP contribution in [0, 0.1) is 0 Å². The van der Waals surface area contributed by atoms with E-state index < -0.39 is 0 Å². The first-order valence-corrected chi connectivity index (χ1v) is 5.21. The molecule has 1 atom stereocenters. The van der Waals surface area contributed by atoms with Crippen molar-refractivity contribution in [3.63, 3.8) is 0 Å². The van der Waals surface area contributed by atoms with Gasteiger partial charge in [0, 0.05) is 12.6 Å². The Kier molecular flexibility index (Phi) is 3.72. The van der Waals surface area contributed by atoms with Crippen LogP contribution in [0.15, 0.2) is 0 Å². The lowest BCUT2D eigenvalue weighted by Gasteiger charge is -2.27. The van der Waals surface area contributed by atoms with Gasteiger partial charge in [0.05, 0.1) is 5.75 Å². The Morgan fingerprint density at radius 1 is 1.82 bits per heavy atom. The van der Waals surface area contributed by atoms with Gasteiger partial charge in [-0.3, -0.25) is 4.79 Å². The molecule has 0 saturated carbocycles. The zero-order valence-corrected chi connectivity index (χ0v) is 7.54. The molecule has 0 aromatic carbocycles. The van der Waals surface area contributed by atoms with Gasteiger partial charge in [-0.2, -0.15) is 11.8 Å². The molecule has 1 unspecified atom stereocenters. The second-order valence-electron chi connectivity index (χ2n) is 2.68. The first-order valence-electron chi connectivity index (χ1n) is 3.82. The van der Waals surface area contributed by atoms with Gasteiger partial charge in [-0.25, -0.2) is 0 Å². The Hall–Kier alpha value is -0.220. The normalized spacial score (nSPS) is 22.5. The van der Waals surface area contributed by atoms with Crippen molar-refractivity contribution >= 4 is 17.7 Å². The molecule has 1 aliphatic heterocycles. The summed E-state index contributed by atoms with van der Waals surface area (Å²) < 4.78 is 0. The number of thioether (sulfide) groups is 1. The molecule has 1 aliphatic rings. The van der Waals surface area contributed by atoms with Crippen LogP contribution in [0.25, 0.3) is 0 Å². The predicted octanol–water partition coefficient (Wildman–Crippen LogP) is -0.173. The molecule has 1 saturated heterocycles. The van der Waals surface area contributed by atoms with E-state index in [0.717, 1.165) is 13.1 Å². The lowest BCUT2D eigenvalue weighted by atomic mass is 10.1. The van der Waals surface area contributed by atoms with Crippen molar-refractivity contribution in [2.45, 2.75) is 12.5 Å². The summed E-state index contributed by atoms with van der Waals surface area (Å²) in [5.74, 6) is 0.721. The third kappa shape index (κ3) is 3.12. The van der Waals surface area contributed by atoms with Crippen molar-refractivity contribution < 1.29 is 4.79 Å². The van der Waals surface area contributed by atoms with Gasteiger partial charge in [0.2, 0.25) is 5.91 Å². The molecule has 3 nitrogen and oxygen atoms in total. The highest BCUT2D eigenvalue weighted by Crippen LogP contribution is 1.99. The molecule has 2 N–H and O–H groups in total. The maximum absolute atomic E-state index is 10.9. The summed E-state index contributed by atoms with van der Waals surface area (Å²) in [4.78, 5) is 10.9. The summed E-state index contributed by atoms with van der Waals surface area (Å²) in [6.07, 6.45) is 3.13.